The Hall–Kier alpha value is -1.13. The zero-order valence-electron chi connectivity index (χ0n) is 12.0. The van der Waals surface area contributed by atoms with Crippen molar-refractivity contribution in [3.05, 3.63) is 30.1 Å². The van der Waals surface area contributed by atoms with Gasteiger partial charge in [0.05, 0.1) is 5.69 Å². The Balaban J connectivity index is 1.54. The summed E-state index contributed by atoms with van der Waals surface area (Å²) in [6, 6.07) is 7.08. The summed E-state index contributed by atoms with van der Waals surface area (Å²) < 4.78 is 13.8. The minimum absolute atomic E-state index is 0.109. The maximum Gasteiger partial charge on any atom is 0.146 e. The molecule has 1 aromatic rings. The van der Waals surface area contributed by atoms with E-state index in [-0.39, 0.29) is 5.82 Å². The highest BCUT2D eigenvalue weighted by Gasteiger charge is 2.43. The van der Waals surface area contributed by atoms with Gasteiger partial charge in [0.25, 0.3) is 0 Å². The van der Waals surface area contributed by atoms with Crippen molar-refractivity contribution in [3.63, 3.8) is 0 Å². The second kappa shape index (κ2) is 5.70. The molecule has 1 aromatic carbocycles. The normalized spacial score (nSPS) is 22.0. The van der Waals surface area contributed by atoms with Gasteiger partial charge in [0.15, 0.2) is 0 Å². The fourth-order valence-electron chi connectivity index (χ4n) is 3.30. The number of hydrogen-bond acceptors (Lipinski definition) is 3. The molecular weight excluding hydrogens is 253 g/mol. The summed E-state index contributed by atoms with van der Waals surface area (Å²) in [7, 11) is 0. The molecule has 1 heterocycles. The third-order valence-corrected chi connectivity index (χ3v) is 4.76. The van der Waals surface area contributed by atoms with Crippen LogP contribution in [0, 0.1) is 11.2 Å². The van der Waals surface area contributed by atoms with Gasteiger partial charge in [-0.15, -0.1) is 0 Å². The molecule has 0 atom stereocenters. The summed E-state index contributed by atoms with van der Waals surface area (Å²) in [5.41, 5.74) is 6.96. The van der Waals surface area contributed by atoms with Crippen LogP contribution in [0.1, 0.15) is 19.3 Å². The number of nitrogens with two attached hydrogens (primary N) is 1. The van der Waals surface area contributed by atoms with E-state index in [9.17, 15) is 4.39 Å². The Morgan fingerprint density at radius 1 is 1.10 bits per heavy atom. The summed E-state index contributed by atoms with van der Waals surface area (Å²) in [5.74, 6) is -0.109. The molecule has 1 saturated carbocycles. The van der Waals surface area contributed by atoms with Crippen LogP contribution in [0.25, 0.3) is 0 Å². The quantitative estimate of drug-likeness (QED) is 0.894. The number of para-hydroxylation sites is 1. The highest BCUT2D eigenvalue weighted by atomic mass is 19.1. The molecule has 1 saturated heterocycles. The first-order valence-electron chi connectivity index (χ1n) is 7.64. The first-order valence-corrected chi connectivity index (χ1v) is 7.64. The Morgan fingerprint density at radius 3 is 2.40 bits per heavy atom. The minimum atomic E-state index is -0.109. The Bertz CT molecular complexity index is 451. The molecule has 20 heavy (non-hydrogen) atoms. The smallest absolute Gasteiger partial charge is 0.146 e. The molecule has 2 aliphatic rings. The third kappa shape index (κ3) is 2.96. The van der Waals surface area contributed by atoms with E-state index in [2.05, 4.69) is 9.80 Å². The zero-order valence-corrected chi connectivity index (χ0v) is 12.0. The first kappa shape index (κ1) is 13.8. The molecule has 0 unspecified atom stereocenters. The van der Waals surface area contributed by atoms with Crippen LogP contribution in [-0.2, 0) is 0 Å². The van der Waals surface area contributed by atoms with Gasteiger partial charge in [-0.2, -0.15) is 0 Å². The van der Waals surface area contributed by atoms with E-state index >= 15 is 0 Å². The van der Waals surface area contributed by atoms with Crippen LogP contribution in [0.5, 0.6) is 0 Å². The van der Waals surface area contributed by atoms with Crippen LogP contribution in [0.15, 0.2) is 24.3 Å². The topological polar surface area (TPSA) is 32.5 Å². The monoisotopic (exact) mass is 277 g/mol. The SMILES string of the molecule is NCCC1(CN2CCN(c3ccccc3F)CC2)CC1. The van der Waals surface area contributed by atoms with Crippen LogP contribution >= 0.6 is 0 Å². The lowest BCUT2D eigenvalue weighted by atomic mass is 10.0. The van der Waals surface area contributed by atoms with Gasteiger partial charge >= 0.3 is 0 Å². The summed E-state index contributed by atoms with van der Waals surface area (Å²) in [5, 5.41) is 0. The number of hydrogen-bond donors (Lipinski definition) is 1. The third-order valence-electron chi connectivity index (χ3n) is 4.76. The standard InChI is InChI=1S/C16H24FN3/c17-14-3-1-2-4-15(14)20-11-9-19(10-12-20)13-16(5-6-16)7-8-18/h1-4H,5-13,18H2. The van der Waals surface area contributed by atoms with Crippen molar-refractivity contribution in [3.8, 4) is 0 Å². The molecule has 3 rings (SSSR count). The highest BCUT2D eigenvalue weighted by Crippen LogP contribution is 2.49. The van der Waals surface area contributed by atoms with E-state index in [1.54, 1.807) is 12.1 Å². The van der Waals surface area contributed by atoms with Crippen molar-refractivity contribution < 1.29 is 4.39 Å². The fraction of sp³-hybridized carbons (Fsp3) is 0.625. The van der Waals surface area contributed by atoms with Gasteiger partial charge in [-0.3, -0.25) is 4.90 Å². The lowest BCUT2D eigenvalue weighted by Gasteiger charge is -2.37. The molecule has 1 aliphatic carbocycles. The van der Waals surface area contributed by atoms with E-state index in [4.69, 9.17) is 5.73 Å². The number of benzene rings is 1. The van der Waals surface area contributed by atoms with Crippen molar-refractivity contribution in [1.82, 2.24) is 4.90 Å². The van der Waals surface area contributed by atoms with E-state index in [0.29, 0.717) is 5.41 Å². The number of anilines is 1. The number of halogens is 1. The van der Waals surface area contributed by atoms with Gasteiger partial charge in [-0.25, -0.2) is 4.39 Å². The number of rotatable bonds is 5. The maximum atomic E-state index is 13.8. The highest BCUT2D eigenvalue weighted by molar-refractivity contribution is 5.47. The molecular formula is C16H24FN3. The molecule has 4 heteroatoms. The minimum Gasteiger partial charge on any atom is -0.367 e. The average Bonchev–Trinajstić information content (AvgIpc) is 3.20. The summed E-state index contributed by atoms with van der Waals surface area (Å²) in [6.07, 6.45) is 3.82. The Labute approximate surface area is 120 Å². The van der Waals surface area contributed by atoms with Crippen molar-refractivity contribution in [1.29, 1.82) is 0 Å². The summed E-state index contributed by atoms with van der Waals surface area (Å²) >= 11 is 0. The van der Waals surface area contributed by atoms with Crippen molar-refractivity contribution in [2.45, 2.75) is 19.3 Å². The van der Waals surface area contributed by atoms with E-state index in [1.807, 2.05) is 12.1 Å². The second-order valence-electron chi connectivity index (χ2n) is 6.25. The molecule has 0 amide bonds. The molecule has 2 N–H and O–H groups in total. The van der Waals surface area contributed by atoms with Gasteiger partial charge in [-0.1, -0.05) is 12.1 Å². The van der Waals surface area contributed by atoms with Crippen LogP contribution in [0.2, 0.25) is 0 Å². The zero-order chi connectivity index (χ0) is 14.0. The van der Waals surface area contributed by atoms with Crippen LogP contribution in [-0.4, -0.2) is 44.2 Å². The molecule has 0 bridgehead atoms. The molecule has 0 spiro atoms. The molecule has 3 nitrogen and oxygen atoms in total. The largest absolute Gasteiger partial charge is 0.367 e. The number of nitrogens with zero attached hydrogens (tertiary/aromatic N) is 2. The van der Waals surface area contributed by atoms with Gasteiger partial charge < -0.3 is 10.6 Å². The second-order valence-corrected chi connectivity index (χ2v) is 6.25. The molecule has 2 fully saturated rings. The predicted octanol–water partition coefficient (Wildman–Crippen LogP) is 2.08. The molecule has 1 aliphatic heterocycles. The van der Waals surface area contributed by atoms with E-state index < -0.39 is 0 Å². The molecule has 110 valence electrons. The van der Waals surface area contributed by atoms with Gasteiger partial charge in [0, 0.05) is 32.7 Å². The van der Waals surface area contributed by atoms with Crippen LogP contribution < -0.4 is 10.6 Å². The number of piperazine rings is 1. The summed E-state index contributed by atoms with van der Waals surface area (Å²) in [4.78, 5) is 4.69. The van der Waals surface area contributed by atoms with E-state index in [0.717, 1.165) is 44.8 Å². The molecule has 0 aromatic heterocycles. The van der Waals surface area contributed by atoms with Crippen molar-refractivity contribution >= 4 is 5.69 Å². The first-order chi connectivity index (χ1) is 9.72. The van der Waals surface area contributed by atoms with Gasteiger partial charge in [0.1, 0.15) is 5.82 Å². The lowest BCUT2D eigenvalue weighted by molar-refractivity contribution is 0.203. The van der Waals surface area contributed by atoms with Gasteiger partial charge in [-0.05, 0) is 43.4 Å². The van der Waals surface area contributed by atoms with Gasteiger partial charge in [0.2, 0.25) is 0 Å². The van der Waals surface area contributed by atoms with Crippen molar-refractivity contribution in [2.24, 2.45) is 11.1 Å². The molecule has 0 radical (unpaired) electrons. The van der Waals surface area contributed by atoms with Crippen LogP contribution in [0.4, 0.5) is 10.1 Å². The Kier molecular flexibility index (Phi) is 3.94. The van der Waals surface area contributed by atoms with E-state index in [1.165, 1.54) is 19.4 Å². The van der Waals surface area contributed by atoms with Crippen LogP contribution in [0.3, 0.4) is 0 Å². The predicted molar refractivity (Wildman–Crippen MR) is 80.4 cm³/mol. The fourth-order valence-corrected chi connectivity index (χ4v) is 3.30. The Morgan fingerprint density at radius 2 is 1.80 bits per heavy atom. The lowest BCUT2D eigenvalue weighted by Crippen LogP contribution is -2.48. The van der Waals surface area contributed by atoms with Crippen molar-refractivity contribution in [2.75, 3.05) is 44.2 Å². The average molecular weight is 277 g/mol. The summed E-state index contributed by atoms with van der Waals surface area (Å²) in [6.45, 7) is 5.87. The maximum absolute atomic E-state index is 13.8.